The molecular weight excluding hydrogens is 174 g/mol. The highest BCUT2D eigenvalue weighted by Gasteiger charge is 1.93. The normalized spacial score (nSPS) is 10.4. The van der Waals surface area contributed by atoms with Gasteiger partial charge in [0, 0.05) is 6.54 Å². The maximum atomic E-state index is 5.14. The molecule has 3 heteroatoms. The molecule has 78 valence electrons. The van der Waals surface area contributed by atoms with Crippen LogP contribution in [0.25, 0.3) is 0 Å². The van der Waals surface area contributed by atoms with E-state index in [1.165, 1.54) is 17.5 Å². The van der Waals surface area contributed by atoms with Crippen molar-refractivity contribution in [3.8, 4) is 0 Å². The van der Waals surface area contributed by atoms with E-state index in [0.717, 1.165) is 13.0 Å². The molecule has 0 fully saturated rings. The van der Waals surface area contributed by atoms with E-state index in [9.17, 15) is 0 Å². The van der Waals surface area contributed by atoms with Crippen LogP contribution in [0.15, 0.2) is 24.3 Å². The summed E-state index contributed by atoms with van der Waals surface area (Å²) < 4.78 is 0. The van der Waals surface area contributed by atoms with Crippen LogP contribution in [0.2, 0.25) is 0 Å². The monoisotopic (exact) mass is 193 g/mol. The maximum Gasteiger partial charge on any atom is 0.0590 e. The molecule has 1 rings (SSSR count). The van der Waals surface area contributed by atoms with Gasteiger partial charge in [-0.25, -0.2) is 5.43 Å². The Morgan fingerprint density at radius 3 is 2.36 bits per heavy atom. The van der Waals surface area contributed by atoms with Crippen molar-refractivity contribution in [1.82, 2.24) is 10.7 Å². The van der Waals surface area contributed by atoms with E-state index < -0.39 is 0 Å². The highest BCUT2D eigenvalue weighted by atomic mass is 15.3. The van der Waals surface area contributed by atoms with Crippen LogP contribution in [0.1, 0.15) is 24.5 Å². The summed E-state index contributed by atoms with van der Waals surface area (Å²) in [5, 5.41) is 3.17. The fourth-order valence-corrected chi connectivity index (χ4v) is 1.39. The Balaban J connectivity index is 2.38. The molecule has 0 bridgehead atoms. The molecule has 3 nitrogen and oxygen atoms in total. The Bertz CT molecular complexity index is 243. The van der Waals surface area contributed by atoms with Crippen LogP contribution in [-0.4, -0.2) is 6.67 Å². The summed E-state index contributed by atoms with van der Waals surface area (Å²) in [5.74, 6) is 5.14. The SMILES string of the molecule is CCCc1ccc(CNCNN)cc1. The molecule has 0 aliphatic heterocycles. The Hall–Kier alpha value is -0.900. The molecule has 0 atom stereocenters. The van der Waals surface area contributed by atoms with Crippen LogP contribution >= 0.6 is 0 Å². The summed E-state index contributed by atoms with van der Waals surface area (Å²) in [6, 6.07) is 8.70. The number of hydrogen-bond donors (Lipinski definition) is 3. The molecule has 0 aliphatic rings. The maximum absolute atomic E-state index is 5.14. The van der Waals surface area contributed by atoms with Crippen LogP contribution in [0.5, 0.6) is 0 Å². The van der Waals surface area contributed by atoms with Crippen LogP contribution in [-0.2, 0) is 13.0 Å². The van der Waals surface area contributed by atoms with Crippen LogP contribution in [0.3, 0.4) is 0 Å². The van der Waals surface area contributed by atoms with Gasteiger partial charge in [0.05, 0.1) is 6.67 Å². The van der Waals surface area contributed by atoms with Crippen LogP contribution < -0.4 is 16.6 Å². The van der Waals surface area contributed by atoms with E-state index in [0.29, 0.717) is 6.67 Å². The highest BCUT2D eigenvalue weighted by molar-refractivity contribution is 5.22. The van der Waals surface area contributed by atoms with Gasteiger partial charge in [0.15, 0.2) is 0 Å². The summed E-state index contributed by atoms with van der Waals surface area (Å²) in [5.41, 5.74) is 5.26. The summed E-state index contributed by atoms with van der Waals surface area (Å²) in [6.07, 6.45) is 2.37. The number of benzene rings is 1. The Morgan fingerprint density at radius 2 is 1.79 bits per heavy atom. The van der Waals surface area contributed by atoms with Gasteiger partial charge >= 0.3 is 0 Å². The topological polar surface area (TPSA) is 50.1 Å². The number of hydrazine groups is 1. The zero-order chi connectivity index (χ0) is 10.2. The molecule has 1 aromatic rings. The Labute approximate surface area is 85.7 Å². The predicted molar refractivity (Wildman–Crippen MR) is 59.5 cm³/mol. The zero-order valence-corrected chi connectivity index (χ0v) is 8.72. The number of rotatable bonds is 6. The summed E-state index contributed by atoms with van der Waals surface area (Å²) in [7, 11) is 0. The highest BCUT2D eigenvalue weighted by Crippen LogP contribution is 2.06. The van der Waals surface area contributed by atoms with Gasteiger partial charge in [0.25, 0.3) is 0 Å². The number of nitrogens with one attached hydrogen (secondary N) is 2. The van der Waals surface area contributed by atoms with E-state index in [1.807, 2.05) is 0 Å². The first-order valence-corrected chi connectivity index (χ1v) is 5.08. The number of hydrogen-bond acceptors (Lipinski definition) is 3. The van der Waals surface area contributed by atoms with Crippen LogP contribution in [0, 0.1) is 0 Å². The zero-order valence-electron chi connectivity index (χ0n) is 8.72. The molecule has 0 saturated carbocycles. The van der Waals surface area contributed by atoms with Gasteiger partial charge in [-0.15, -0.1) is 0 Å². The van der Waals surface area contributed by atoms with Gasteiger partial charge in [0.1, 0.15) is 0 Å². The third-order valence-corrected chi connectivity index (χ3v) is 2.12. The van der Waals surface area contributed by atoms with E-state index in [1.54, 1.807) is 0 Å². The van der Waals surface area contributed by atoms with E-state index >= 15 is 0 Å². The summed E-state index contributed by atoms with van der Waals surface area (Å²) >= 11 is 0. The third-order valence-electron chi connectivity index (χ3n) is 2.12. The molecule has 14 heavy (non-hydrogen) atoms. The number of aryl methyl sites for hydroxylation is 1. The quantitative estimate of drug-likeness (QED) is 0.275. The third kappa shape index (κ3) is 3.87. The van der Waals surface area contributed by atoms with E-state index in [-0.39, 0.29) is 0 Å². The lowest BCUT2D eigenvalue weighted by molar-refractivity contribution is 0.601. The smallest absolute Gasteiger partial charge is 0.0590 e. The second-order valence-electron chi connectivity index (χ2n) is 3.37. The average molecular weight is 193 g/mol. The van der Waals surface area contributed by atoms with Crippen molar-refractivity contribution in [3.05, 3.63) is 35.4 Å². The van der Waals surface area contributed by atoms with Gasteiger partial charge < -0.3 is 0 Å². The molecule has 0 aliphatic carbocycles. The number of nitrogens with two attached hydrogens (primary N) is 1. The molecule has 0 radical (unpaired) electrons. The second-order valence-corrected chi connectivity index (χ2v) is 3.37. The van der Waals surface area contributed by atoms with Crippen molar-refractivity contribution >= 4 is 0 Å². The summed E-state index contributed by atoms with van der Waals surface area (Å²) in [4.78, 5) is 0. The minimum Gasteiger partial charge on any atom is -0.299 e. The first-order chi connectivity index (χ1) is 6.86. The fraction of sp³-hybridized carbons (Fsp3) is 0.455. The summed E-state index contributed by atoms with van der Waals surface area (Å²) in [6.45, 7) is 3.69. The lowest BCUT2D eigenvalue weighted by Crippen LogP contribution is -2.33. The average Bonchev–Trinajstić information content (AvgIpc) is 2.21. The Kier molecular flexibility index (Phi) is 5.22. The minimum atomic E-state index is 0.636. The molecule has 0 spiro atoms. The van der Waals surface area contributed by atoms with Gasteiger partial charge in [0.2, 0.25) is 0 Å². The van der Waals surface area contributed by atoms with Crippen molar-refractivity contribution in [2.75, 3.05) is 6.67 Å². The minimum absolute atomic E-state index is 0.636. The lowest BCUT2D eigenvalue weighted by Gasteiger charge is -2.04. The molecule has 0 aromatic heterocycles. The van der Waals surface area contributed by atoms with Crippen molar-refractivity contribution in [1.29, 1.82) is 0 Å². The molecule has 0 saturated heterocycles. The first-order valence-electron chi connectivity index (χ1n) is 5.08. The van der Waals surface area contributed by atoms with E-state index in [2.05, 4.69) is 41.9 Å². The van der Waals surface area contributed by atoms with Crippen molar-refractivity contribution < 1.29 is 0 Å². The standard InChI is InChI=1S/C11H19N3/c1-2-3-10-4-6-11(7-5-10)8-13-9-14-12/h4-7,13-14H,2-3,8-9,12H2,1H3. The van der Waals surface area contributed by atoms with E-state index in [4.69, 9.17) is 5.84 Å². The van der Waals surface area contributed by atoms with Crippen molar-refractivity contribution in [3.63, 3.8) is 0 Å². The van der Waals surface area contributed by atoms with Gasteiger partial charge in [-0.2, -0.15) is 0 Å². The lowest BCUT2D eigenvalue weighted by atomic mass is 10.1. The largest absolute Gasteiger partial charge is 0.299 e. The fourth-order valence-electron chi connectivity index (χ4n) is 1.39. The molecule has 0 unspecified atom stereocenters. The Morgan fingerprint density at radius 1 is 1.14 bits per heavy atom. The molecule has 0 amide bonds. The van der Waals surface area contributed by atoms with Gasteiger partial charge in [-0.05, 0) is 17.5 Å². The second kappa shape index (κ2) is 6.54. The van der Waals surface area contributed by atoms with Crippen molar-refractivity contribution in [2.45, 2.75) is 26.3 Å². The molecule has 4 N–H and O–H groups in total. The predicted octanol–water partition coefficient (Wildman–Crippen LogP) is 1.15. The molecule has 1 aromatic carbocycles. The first kappa shape index (κ1) is 11.2. The van der Waals surface area contributed by atoms with Crippen molar-refractivity contribution in [2.24, 2.45) is 5.84 Å². The molecule has 0 heterocycles. The van der Waals surface area contributed by atoms with Crippen LogP contribution in [0.4, 0.5) is 0 Å². The van der Waals surface area contributed by atoms with Gasteiger partial charge in [-0.3, -0.25) is 11.2 Å². The van der Waals surface area contributed by atoms with Gasteiger partial charge in [-0.1, -0.05) is 37.6 Å². The molecular formula is C11H19N3.